The Morgan fingerprint density at radius 1 is 1.15 bits per heavy atom. The molecule has 5 nitrogen and oxygen atoms in total. The Morgan fingerprint density at radius 3 is 2.37 bits per heavy atom. The van der Waals surface area contributed by atoms with Crippen molar-refractivity contribution in [3.05, 3.63) is 51.7 Å². The second kappa shape index (κ2) is 8.39. The highest BCUT2D eigenvalue weighted by atomic mass is 79.9. The molecule has 0 saturated carbocycles. The zero-order valence-corrected chi connectivity index (χ0v) is 17.5. The molecule has 1 heterocycles. The number of benzene rings is 2. The molecular weight excluding hydrogens is 437 g/mol. The fourth-order valence-corrected chi connectivity index (χ4v) is 4.55. The number of hydrogen-bond donors (Lipinski definition) is 0. The van der Waals surface area contributed by atoms with E-state index in [1.54, 1.807) is 50.5 Å². The molecular formula is C19H19BrFNO4S. The topological polar surface area (TPSA) is 48.0 Å². The van der Waals surface area contributed by atoms with Gasteiger partial charge >= 0.3 is 0 Å². The van der Waals surface area contributed by atoms with E-state index in [0.717, 1.165) is 11.1 Å². The highest BCUT2D eigenvalue weighted by Gasteiger charge is 2.34. The van der Waals surface area contributed by atoms with Crippen molar-refractivity contribution >= 4 is 33.6 Å². The molecule has 8 heteroatoms. The quantitative estimate of drug-likeness (QED) is 0.646. The van der Waals surface area contributed by atoms with Crippen LogP contribution in [0.3, 0.4) is 0 Å². The van der Waals surface area contributed by atoms with Crippen molar-refractivity contribution in [2.24, 2.45) is 0 Å². The maximum atomic E-state index is 13.6. The smallest absolute Gasteiger partial charge is 0.234 e. The Morgan fingerprint density at radius 2 is 1.81 bits per heavy atom. The fraction of sp³-hybridized carbons (Fsp3) is 0.316. The van der Waals surface area contributed by atoms with E-state index in [1.807, 2.05) is 0 Å². The minimum absolute atomic E-state index is 0.00497. The summed E-state index contributed by atoms with van der Waals surface area (Å²) in [5.41, 5.74) is 1.60. The third kappa shape index (κ3) is 4.01. The van der Waals surface area contributed by atoms with Crippen LogP contribution in [-0.2, 0) is 11.3 Å². The molecule has 1 saturated heterocycles. The molecule has 3 rings (SSSR count). The van der Waals surface area contributed by atoms with Gasteiger partial charge in [-0.15, -0.1) is 11.8 Å². The minimum Gasteiger partial charge on any atom is -0.496 e. The van der Waals surface area contributed by atoms with E-state index in [0.29, 0.717) is 34.0 Å². The zero-order valence-electron chi connectivity index (χ0n) is 15.1. The van der Waals surface area contributed by atoms with Crippen molar-refractivity contribution in [2.75, 3.05) is 27.1 Å². The average molecular weight is 456 g/mol. The molecule has 27 heavy (non-hydrogen) atoms. The summed E-state index contributed by atoms with van der Waals surface area (Å²) in [6.45, 7) is 0.307. The van der Waals surface area contributed by atoms with Gasteiger partial charge in [0.15, 0.2) is 0 Å². The molecule has 0 aromatic heterocycles. The lowest BCUT2D eigenvalue weighted by molar-refractivity contribution is -0.128. The summed E-state index contributed by atoms with van der Waals surface area (Å²) in [4.78, 5) is 14.3. The third-order valence-corrected chi connectivity index (χ3v) is 6.21. The number of carbonyl (C=O) groups excluding carboxylic acids is 1. The Kier molecular flexibility index (Phi) is 6.16. The molecule has 0 spiro atoms. The van der Waals surface area contributed by atoms with Gasteiger partial charge in [-0.1, -0.05) is 6.07 Å². The van der Waals surface area contributed by atoms with E-state index < -0.39 is 0 Å². The molecule has 1 atom stereocenters. The lowest BCUT2D eigenvalue weighted by atomic mass is 10.1. The molecule has 1 aliphatic heterocycles. The van der Waals surface area contributed by atoms with Gasteiger partial charge in [0.25, 0.3) is 0 Å². The largest absolute Gasteiger partial charge is 0.496 e. The fourth-order valence-electron chi connectivity index (χ4n) is 2.97. The van der Waals surface area contributed by atoms with Crippen LogP contribution in [0.15, 0.2) is 34.8 Å². The summed E-state index contributed by atoms with van der Waals surface area (Å²) in [6, 6.07) is 8.33. The van der Waals surface area contributed by atoms with Crippen LogP contribution in [0.1, 0.15) is 16.5 Å². The summed E-state index contributed by atoms with van der Waals surface area (Å²) in [7, 11) is 4.69. The number of methoxy groups -OCH3 is 3. The molecule has 144 valence electrons. The normalized spacial score (nSPS) is 16.6. The van der Waals surface area contributed by atoms with Crippen molar-refractivity contribution in [2.45, 2.75) is 11.9 Å². The van der Waals surface area contributed by atoms with Crippen LogP contribution < -0.4 is 14.2 Å². The van der Waals surface area contributed by atoms with E-state index >= 15 is 0 Å². The van der Waals surface area contributed by atoms with Crippen LogP contribution in [0.4, 0.5) is 4.39 Å². The molecule has 1 unspecified atom stereocenters. The van der Waals surface area contributed by atoms with Crippen LogP contribution in [0, 0.1) is 5.82 Å². The Bertz CT molecular complexity index is 839. The first-order valence-electron chi connectivity index (χ1n) is 8.13. The summed E-state index contributed by atoms with van der Waals surface area (Å²) < 4.78 is 30.2. The Hall–Kier alpha value is -1.93. The van der Waals surface area contributed by atoms with Crippen LogP contribution >= 0.6 is 27.7 Å². The number of rotatable bonds is 6. The van der Waals surface area contributed by atoms with Gasteiger partial charge in [0, 0.05) is 12.1 Å². The monoisotopic (exact) mass is 455 g/mol. The van der Waals surface area contributed by atoms with Crippen molar-refractivity contribution in [3.8, 4) is 17.2 Å². The van der Waals surface area contributed by atoms with E-state index in [1.165, 1.54) is 17.8 Å². The lowest BCUT2D eigenvalue weighted by Crippen LogP contribution is -2.28. The van der Waals surface area contributed by atoms with Gasteiger partial charge in [0.1, 0.15) is 28.4 Å². The number of nitrogens with zero attached hydrogens (tertiary/aromatic N) is 1. The molecule has 1 aliphatic rings. The van der Waals surface area contributed by atoms with Gasteiger partial charge in [0.2, 0.25) is 5.91 Å². The third-order valence-electron chi connectivity index (χ3n) is 4.34. The minimum atomic E-state index is -0.335. The molecule has 2 aromatic rings. The van der Waals surface area contributed by atoms with Crippen molar-refractivity contribution in [1.29, 1.82) is 0 Å². The number of ether oxygens (including phenoxy) is 3. The molecule has 0 bridgehead atoms. The van der Waals surface area contributed by atoms with E-state index in [2.05, 4.69) is 15.9 Å². The summed E-state index contributed by atoms with van der Waals surface area (Å²) in [6.07, 6.45) is 0. The van der Waals surface area contributed by atoms with Crippen molar-refractivity contribution in [1.82, 2.24) is 4.90 Å². The van der Waals surface area contributed by atoms with Gasteiger partial charge in [0.05, 0.1) is 43.7 Å². The molecule has 1 amide bonds. The first kappa shape index (κ1) is 19.8. The average Bonchev–Trinajstić information content (AvgIpc) is 3.04. The van der Waals surface area contributed by atoms with Crippen LogP contribution in [0.2, 0.25) is 0 Å². The highest BCUT2D eigenvalue weighted by Crippen LogP contribution is 2.43. The second-order valence-electron chi connectivity index (χ2n) is 5.87. The number of thioether (sulfide) groups is 1. The Balaban J connectivity index is 1.97. The maximum Gasteiger partial charge on any atom is 0.234 e. The van der Waals surface area contributed by atoms with Crippen LogP contribution in [-0.4, -0.2) is 37.9 Å². The van der Waals surface area contributed by atoms with E-state index in [-0.39, 0.29) is 17.1 Å². The number of halogens is 2. The molecule has 1 fully saturated rings. The van der Waals surface area contributed by atoms with E-state index in [9.17, 15) is 9.18 Å². The summed E-state index contributed by atoms with van der Waals surface area (Å²) >= 11 is 4.72. The first-order chi connectivity index (χ1) is 13.0. The summed E-state index contributed by atoms with van der Waals surface area (Å²) in [5, 5.41) is -0.217. The molecule has 0 N–H and O–H groups in total. The second-order valence-corrected chi connectivity index (χ2v) is 7.79. The molecule has 2 aromatic carbocycles. The van der Waals surface area contributed by atoms with Gasteiger partial charge in [-0.2, -0.15) is 0 Å². The Labute approximate surface area is 169 Å². The van der Waals surface area contributed by atoms with Crippen molar-refractivity contribution in [3.63, 3.8) is 0 Å². The standard InChI is InChI=1S/C19H19BrFNO4S/c1-24-12-7-16(25-2)13(17(8-12)26-3)9-22-18(23)10-27-19(22)11-4-5-15(21)14(20)6-11/h4-8,19H,9-10H2,1-3H3. The first-order valence-corrected chi connectivity index (χ1v) is 9.97. The number of amides is 1. The molecule has 0 aliphatic carbocycles. The van der Waals surface area contributed by atoms with Gasteiger partial charge in [-0.05, 0) is 33.6 Å². The SMILES string of the molecule is COc1cc(OC)c(CN2C(=O)CSC2c2ccc(F)c(Br)c2)c(OC)c1. The lowest BCUT2D eigenvalue weighted by Gasteiger charge is -2.26. The number of hydrogen-bond acceptors (Lipinski definition) is 5. The maximum absolute atomic E-state index is 13.6. The highest BCUT2D eigenvalue weighted by molar-refractivity contribution is 9.10. The number of carbonyl (C=O) groups is 1. The predicted molar refractivity (Wildman–Crippen MR) is 106 cm³/mol. The van der Waals surface area contributed by atoms with Gasteiger partial charge in [-0.3, -0.25) is 4.79 Å². The van der Waals surface area contributed by atoms with Crippen molar-refractivity contribution < 1.29 is 23.4 Å². The predicted octanol–water partition coefficient (Wildman–Crippen LogP) is 4.39. The van der Waals surface area contributed by atoms with E-state index in [4.69, 9.17) is 14.2 Å². The van der Waals surface area contributed by atoms with Crippen LogP contribution in [0.5, 0.6) is 17.2 Å². The zero-order chi connectivity index (χ0) is 19.6. The van der Waals surface area contributed by atoms with Crippen LogP contribution in [0.25, 0.3) is 0 Å². The summed E-state index contributed by atoms with van der Waals surface area (Å²) in [5.74, 6) is 1.79. The van der Waals surface area contributed by atoms with Gasteiger partial charge < -0.3 is 19.1 Å². The molecule has 0 radical (unpaired) electrons. The van der Waals surface area contributed by atoms with Gasteiger partial charge in [-0.25, -0.2) is 4.39 Å².